The Morgan fingerprint density at radius 1 is 0.496 bits per heavy atom. The van der Waals surface area contributed by atoms with Gasteiger partial charge in [0, 0.05) is 55.2 Å². The zero-order valence-electron chi connectivity index (χ0n) is 62.7. The fourth-order valence-corrected chi connectivity index (χ4v) is 17.9. The normalized spacial score (nSPS) is 21.0. The van der Waals surface area contributed by atoms with Crippen molar-refractivity contribution in [2.45, 2.75) is 162 Å². The first-order chi connectivity index (χ1) is 55.1. The van der Waals surface area contributed by atoms with Gasteiger partial charge in [-0.2, -0.15) is 5.10 Å². The Morgan fingerprint density at radius 2 is 1.04 bits per heavy atom. The number of amides is 5. The molecule has 18 nitrogen and oxygen atoms in total. The summed E-state index contributed by atoms with van der Waals surface area (Å²) in [5, 5.41) is 27.8. The third kappa shape index (κ3) is 15.1. The minimum atomic E-state index is -1.18. The number of fused-ring (bicyclic) bond motifs is 3. The lowest BCUT2D eigenvalue weighted by atomic mass is 9.95. The molecule has 6 aliphatic rings. The SMILES string of the molecule is Cc1ccc2cc(CC(=O)N3CCC[C@H]3C(=O)N[C@@H](c3ccccc3)c3ccc(C4CC4c4ccn5c(CC(=O)N6CCC[C@H]6C(O)N[C@@H](c6ccccc6)c6ccc(C7CC7c7nc8ccc(CC(=O)N9CCC[C@H]9C(=O)N[C@@H](c9ccccc9)c9ccc(C%10CC%10)c(F)c9)cn8n7)c(F)c6)cnc5c4)c(F)c3)ccc2n1. The Hall–Kier alpha value is -11.7. The molecule has 11 atom stereocenters. The Labute approximate surface area is 652 Å². The first kappa shape index (κ1) is 72.8. The van der Waals surface area contributed by atoms with E-state index in [0.717, 1.165) is 63.7 Å². The van der Waals surface area contributed by atoms with Gasteiger partial charge >= 0.3 is 0 Å². The standard InChI is InChI=1S/C92H87F3N12O6/c1-54-23-26-62-42-55(24-35-77(62)97-54)43-83(108)104-38-11-20-78(104)90(111)100-87(59-16-7-3-8-17-59)64-30-33-68(75(94)46-64)71-50-70(71)61-37-41-103-66(52-96-82(103)48-61)49-85(110)106-40-13-22-80(106)92(113)101-88(60-18-9-4-10-19-60)65-31-34-69(76(95)47-65)72-51-73(72)89-98-81-36-25-56(53-107(81)102-89)44-84(109)105-39-12-21-79(105)91(112)99-86(58-14-5-2-6-15-58)63-29-32-67(57-27-28-57)74(93)45-63/h2-10,14-19,23-26,29-37,41-42,45-48,52-53,57,70-73,78-80,86-88,92,101,113H,11-13,20-22,27-28,38-40,43-44,49-51H2,1H3,(H,99,112)(H,100,111)/t70?,71?,72?,73?,78-,79-,80-,86-,87-,88-,92?/m0/s1. The lowest BCUT2D eigenvalue weighted by Crippen LogP contribution is -2.50. The van der Waals surface area contributed by atoms with Gasteiger partial charge in [0.1, 0.15) is 41.4 Å². The molecule has 5 amide bonds. The van der Waals surface area contributed by atoms with E-state index in [-0.39, 0.29) is 90.0 Å². The van der Waals surface area contributed by atoms with Crippen molar-refractivity contribution in [2.24, 2.45) is 0 Å². The molecule has 4 N–H and O–H groups in total. The quantitative estimate of drug-likeness (QED) is 0.0418. The third-order valence-electron chi connectivity index (χ3n) is 24.2. The van der Waals surface area contributed by atoms with Crippen LogP contribution in [0.4, 0.5) is 13.2 Å². The van der Waals surface area contributed by atoms with Gasteiger partial charge in [-0.25, -0.2) is 27.7 Å². The predicted molar refractivity (Wildman–Crippen MR) is 422 cm³/mol. The molecule has 8 heterocycles. The number of carbonyl (C=O) groups is 5. The number of halogens is 3. The molecule has 3 saturated heterocycles. The van der Waals surface area contributed by atoms with E-state index in [9.17, 15) is 29.1 Å². The van der Waals surface area contributed by atoms with Crippen LogP contribution in [0, 0.1) is 24.4 Å². The molecule has 3 saturated carbocycles. The van der Waals surface area contributed by atoms with Crippen molar-refractivity contribution >= 4 is 51.7 Å². The average molecular weight is 1510 g/mol. The van der Waals surface area contributed by atoms with Crippen molar-refractivity contribution in [3.05, 3.63) is 320 Å². The number of pyridine rings is 3. The number of imidazole rings is 1. The number of carbonyl (C=O) groups excluding carboxylic acids is 5. The summed E-state index contributed by atoms with van der Waals surface area (Å²) in [7, 11) is 0. The minimum absolute atomic E-state index is 0.0300. The average Bonchev–Trinajstić information content (AvgIpc) is 1.61. The fraction of sp³-hybridized carbons (Fsp3) is 0.315. The number of aryl methyl sites for hydroxylation is 1. The van der Waals surface area contributed by atoms with Crippen LogP contribution in [0.15, 0.2) is 219 Å². The molecule has 572 valence electrons. The molecule has 0 radical (unpaired) electrons. The van der Waals surface area contributed by atoms with Crippen LogP contribution < -0.4 is 16.0 Å². The van der Waals surface area contributed by atoms with Gasteiger partial charge < -0.3 is 34.8 Å². The Bertz CT molecular complexity index is 5640. The first-order valence-electron chi connectivity index (χ1n) is 39.7. The molecule has 6 fully saturated rings. The van der Waals surface area contributed by atoms with Crippen molar-refractivity contribution in [1.29, 1.82) is 0 Å². The molecule has 3 aliphatic carbocycles. The lowest BCUT2D eigenvalue weighted by molar-refractivity contribution is -0.138. The topological polar surface area (TPSA) is 212 Å². The van der Waals surface area contributed by atoms with E-state index < -0.39 is 48.3 Å². The Morgan fingerprint density at radius 3 is 1.65 bits per heavy atom. The number of hydrogen-bond acceptors (Lipinski definition) is 11. The molecule has 3 aliphatic heterocycles. The van der Waals surface area contributed by atoms with Crippen LogP contribution >= 0.6 is 0 Å². The van der Waals surface area contributed by atoms with E-state index in [1.807, 2.05) is 200 Å². The number of nitrogens with zero attached hydrogens (tertiary/aromatic N) is 9. The van der Waals surface area contributed by atoms with E-state index >= 15 is 13.2 Å². The summed E-state index contributed by atoms with van der Waals surface area (Å²) in [6, 6.07) is 57.9. The maximum atomic E-state index is 16.8. The number of likely N-dealkylation sites (tertiary alicyclic amines) is 3. The summed E-state index contributed by atoms with van der Waals surface area (Å²) >= 11 is 0. The van der Waals surface area contributed by atoms with Crippen molar-refractivity contribution < 1.29 is 42.3 Å². The zero-order chi connectivity index (χ0) is 77.1. The predicted octanol–water partition coefficient (Wildman–Crippen LogP) is 14.2. The van der Waals surface area contributed by atoms with E-state index in [0.29, 0.717) is 126 Å². The van der Waals surface area contributed by atoms with E-state index in [1.165, 1.54) is 18.2 Å². The Kier molecular flexibility index (Phi) is 19.8. The molecule has 12 aromatic rings. The molecule has 18 rings (SSSR count). The van der Waals surface area contributed by atoms with E-state index in [2.05, 4.69) is 20.9 Å². The summed E-state index contributed by atoms with van der Waals surface area (Å²) in [6.07, 6.45) is 11.4. The fourth-order valence-electron chi connectivity index (χ4n) is 17.9. The molecule has 113 heavy (non-hydrogen) atoms. The number of aliphatic hydroxyl groups excluding tert-OH is 1. The number of nitrogens with one attached hydrogen (secondary N) is 3. The van der Waals surface area contributed by atoms with Crippen LogP contribution in [0.1, 0.15) is 196 Å². The molecule has 5 aromatic heterocycles. The second-order valence-electron chi connectivity index (χ2n) is 31.7. The van der Waals surface area contributed by atoms with E-state index in [1.54, 1.807) is 31.6 Å². The van der Waals surface area contributed by atoms with Crippen molar-refractivity contribution in [1.82, 2.24) is 59.6 Å². The molecular weight excluding hydrogens is 1430 g/mol. The molecular formula is C92H87F3N12O6. The van der Waals surface area contributed by atoms with Crippen LogP contribution in [0.25, 0.3) is 22.2 Å². The molecule has 0 spiro atoms. The van der Waals surface area contributed by atoms with Crippen LogP contribution in [0.3, 0.4) is 0 Å². The number of hydrogen-bond donors (Lipinski definition) is 4. The van der Waals surface area contributed by atoms with Crippen molar-refractivity contribution in [3.8, 4) is 0 Å². The van der Waals surface area contributed by atoms with Gasteiger partial charge in [-0.15, -0.1) is 0 Å². The van der Waals surface area contributed by atoms with E-state index in [4.69, 9.17) is 15.1 Å². The van der Waals surface area contributed by atoms with Crippen LogP contribution in [0.2, 0.25) is 0 Å². The largest absolute Gasteiger partial charge is 0.376 e. The highest BCUT2D eigenvalue weighted by molar-refractivity contribution is 5.91. The lowest BCUT2D eigenvalue weighted by Gasteiger charge is -2.32. The van der Waals surface area contributed by atoms with Gasteiger partial charge in [0.15, 0.2) is 11.5 Å². The molecule has 7 aromatic carbocycles. The molecule has 5 unspecified atom stereocenters. The summed E-state index contributed by atoms with van der Waals surface area (Å²) in [5.41, 5.74) is 12.3. The van der Waals surface area contributed by atoms with Gasteiger partial charge in [0.25, 0.3) is 0 Å². The Balaban J connectivity index is 0.491. The second-order valence-corrected chi connectivity index (χ2v) is 31.7. The second kappa shape index (κ2) is 30.8. The summed E-state index contributed by atoms with van der Waals surface area (Å²) < 4.78 is 52.4. The zero-order valence-corrected chi connectivity index (χ0v) is 62.7. The van der Waals surface area contributed by atoms with Gasteiger partial charge in [0.05, 0.1) is 54.6 Å². The monoisotopic (exact) mass is 1510 g/mol. The highest BCUT2D eigenvalue weighted by Crippen LogP contribution is 2.56. The van der Waals surface area contributed by atoms with Gasteiger partial charge in [-0.3, -0.25) is 34.3 Å². The van der Waals surface area contributed by atoms with Gasteiger partial charge in [0.2, 0.25) is 29.5 Å². The summed E-state index contributed by atoms with van der Waals surface area (Å²) in [6.45, 7) is 3.29. The number of aromatic nitrogens is 6. The maximum Gasteiger partial charge on any atom is 0.243 e. The molecule has 0 bridgehead atoms. The molecule has 21 heteroatoms. The first-order valence-corrected chi connectivity index (χ1v) is 39.7. The minimum Gasteiger partial charge on any atom is -0.376 e. The highest BCUT2D eigenvalue weighted by atomic mass is 19.1. The number of rotatable bonds is 24. The van der Waals surface area contributed by atoms with Crippen LogP contribution in [-0.4, -0.2) is 122 Å². The maximum absolute atomic E-state index is 16.8. The van der Waals surface area contributed by atoms with Gasteiger partial charge in [-0.1, -0.05) is 146 Å². The summed E-state index contributed by atoms with van der Waals surface area (Å²) in [5.74, 6) is -1.66. The van der Waals surface area contributed by atoms with Crippen molar-refractivity contribution in [2.75, 3.05) is 19.6 Å². The summed E-state index contributed by atoms with van der Waals surface area (Å²) in [4.78, 5) is 90.2. The highest BCUT2D eigenvalue weighted by Gasteiger charge is 2.46. The van der Waals surface area contributed by atoms with Crippen molar-refractivity contribution in [3.63, 3.8) is 0 Å². The number of benzene rings is 7. The van der Waals surface area contributed by atoms with Crippen LogP contribution in [-0.2, 0) is 43.2 Å². The number of aliphatic hydroxyl groups is 1. The third-order valence-corrected chi connectivity index (χ3v) is 24.2. The van der Waals surface area contributed by atoms with Gasteiger partial charge in [-0.05, 0) is 216 Å². The van der Waals surface area contributed by atoms with Crippen LogP contribution in [0.5, 0.6) is 0 Å². The smallest absolute Gasteiger partial charge is 0.243 e.